The number of benzene rings is 1. The maximum Gasteiger partial charge on any atom is 0.230 e. The number of hydrogen-bond acceptors (Lipinski definition) is 6. The van der Waals surface area contributed by atoms with Crippen molar-refractivity contribution in [2.24, 2.45) is 0 Å². The van der Waals surface area contributed by atoms with Crippen molar-refractivity contribution in [3.63, 3.8) is 0 Å². The lowest BCUT2D eigenvalue weighted by Gasteiger charge is -2.31. The van der Waals surface area contributed by atoms with Crippen LogP contribution < -0.4 is 9.47 Å². The van der Waals surface area contributed by atoms with Crippen LogP contribution in [0.5, 0.6) is 11.5 Å². The Balaban J connectivity index is 1.38. The van der Waals surface area contributed by atoms with Gasteiger partial charge in [-0.3, -0.25) is 4.79 Å². The molecule has 1 aromatic carbocycles. The molecular weight excluding hydrogens is 420 g/mol. The van der Waals surface area contributed by atoms with E-state index in [1.807, 2.05) is 47.5 Å². The molecule has 1 saturated heterocycles. The molecule has 0 bridgehead atoms. The smallest absolute Gasteiger partial charge is 0.230 e. The number of pyridine rings is 1. The molecule has 3 aromatic heterocycles. The topological polar surface area (TPSA) is 82.1 Å². The Hall–Kier alpha value is -3.81. The molecule has 1 unspecified atom stereocenters. The van der Waals surface area contributed by atoms with Crippen molar-refractivity contribution in [3.05, 3.63) is 66.5 Å². The van der Waals surface area contributed by atoms with Crippen molar-refractivity contribution in [3.8, 4) is 22.6 Å². The highest BCUT2D eigenvalue weighted by Gasteiger charge is 2.28. The molecule has 8 nitrogen and oxygen atoms in total. The van der Waals surface area contributed by atoms with Crippen LogP contribution in [0.3, 0.4) is 0 Å². The molecule has 4 aromatic rings. The van der Waals surface area contributed by atoms with Gasteiger partial charge in [0.25, 0.3) is 0 Å². The molecule has 170 valence electrons. The van der Waals surface area contributed by atoms with Crippen LogP contribution in [0.15, 0.2) is 59.3 Å². The van der Waals surface area contributed by atoms with Crippen molar-refractivity contribution >= 4 is 11.6 Å². The van der Waals surface area contributed by atoms with Crippen molar-refractivity contribution in [2.45, 2.75) is 25.2 Å². The zero-order valence-electron chi connectivity index (χ0n) is 18.7. The van der Waals surface area contributed by atoms with Gasteiger partial charge in [0, 0.05) is 36.3 Å². The van der Waals surface area contributed by atoms with E-state index < -0.39 is 0 Å². The highest BCUT2D eigenvalue weighted by molar-refractivity contribution is 5.78. The fourth-order valence-electron chi connectivity index (χ4n) is 4.44. The molecule has 0 saturated carbocycles. The van der Waals surface area contributed by atoms with Gasteiger partial charge in [0.2, 0.25) is 5.91 Å². The van der Waals surface area contributed by atoms with Crippen LogP contribution in [0, 0.1) is 0 Å². The van der Waals surface area contributed by atoms with E-state index in [1.165, 1.54) is 0 Å². The van der Waals surface area contributed by atoms with Gasteiger partial charge in [0.1, 0.15) is 5.76 Å². The monoisotopic (exact) mass is 446 g/mol. The van der Waals surface area contributed by atoms with E-state index in [2.05, 4.69) is 0 Å². The van der Waals surface area contributed by atoms with Crippen LogP contribution in [-0.4, -0.2) is 52.7 Å². The number of likely N-dealkylation sites (tertiary alicyclic amines) is 1. The van der Waals surface area contributed by atoms with E-state index in [9.17, 15) is 4.79 Å². The Labute approximate surface area is 191 Å². The molecular formula is C25H26N4O4. The number of para-hydroxylation sites is 1. The molecule has 0 N–H and O–H groups in total. The molecule has 8 heteroatoms. The van der Waals surface area contributed by atoms with E-state index in [4.69, 9.17) is 24.0 Å². The second kappa shape index (κ2) is 8.97. The Kier molecular flexibility index (Phi) is 5.73. The molecule has 1 atom stereocenters. The number of amides is 1. The van der Waals surface area contributed by atoms with E-state index in [-0.39, 0.29) is 18.2 Å². The Morgan fingerprint density at radius 2 is 2.06 bits per heavy atom. The van der Waals surface area contributed by atoms with Crippen LogP contribution >= 0.6 is 0 Å². The minimum absolute atomic E-state index is 0.0748. The summed E-state index contributed by atoms with van der Waals surface area (Å²) in [7, 11) is 3.26. The molecule has 0 radical (unpaired) electrons. The van der Waals surface area contributed by atoms with Crippen molar-refractivity contribution < 1.29 is 18.7 Å². The number of nitrogens with zero attached hydrogens (tertiary/aromatic N) is 4. The third-order valence-corrected chi connectivity index (χ3v) is 6.11. The van der Waals surface area contributed by atoms with Gasteiger partial charge in [-0.05, 0) is 43.2 Å². The lowest BCUT2D eigenvalue weighted by atomic mass is 9.97. The number of ether oxygens (including phenoxy) is 2. The van der Waals surface area contributed by atoms with Gasteiger partial charge in [0.05, 0.1) is 26.9 Å². The van der Waals surface area contributed by atoms with Gasteiger partial charge in [0.15, 0.2) is 23.0 Å². The summed E-state index contributed by atoms with van der Waals surface area (Å²) in [6.45, 7) is 1.37. The maximum atomic E-state index is 12.7. The SMILES string of the molecule is COc1cccc(-c2ccc3nc(C4CCCN(C(=O)Cc5ccco5)C4)nn3c2)c1OC. The van der Waals surface area contributed by atoms with Crippen LogP contribution in [0.1, 0.15) is 30.3 Å². The normalized spacial score (nSPS) is 16.2. The predicted molar refractivity (Wildman–Crippen MR) is 122 cm³/mol. The molecule has 0 aliphatic carbocycles. The molecule has 0 spiro atoms. The number of rotatable bonds is 6. The van der Waals surface area contributed by atoms with Crippen LogP contribution in [-0.2, 0) is 11.2 Å². The summed E-state index contributed by atoms with van der Waals surface area (Å²) in [5.74, 6) is 2.99. The summed E-state index contributed by atoms with van der Waals surface area (Å²) in [6.07, 6.45) is 5.71. The average molecular weight is 447 g/mol. The lowest BCUT2D eigenvalue weighted by molar-refractivity contribution is -0.132. The largest absolute Gasteiger partial charge is 0.493 e. The standard InChI is InChI=1S/C25H26N4O4/c1-31-21-9-3-8-20(24(21)32-2)17-10-11-22-26-25(27-29(22)16-17)18-6-4-12-28(15-18)23(30)14-19-7-5-13-33-19/h3,5,7-11,13,16,18H,4,6,12,14-15H2,1-2H3. The Bertz CT molecular complexity index is 1260. The summed E-state index contributed by atoms with van der Waals surface area (Å²) in [5.41, 5.74) is 2.64. The van der Waals surface area contributed by atoms with E-state index in [0.29, 0.717) is 23.8 Å². The molecule has 5 rings (SSSR count). The summed E-state index contributed by atoms with van der Waals surface area (Å²) < 4.78 is 18.2. The van der Waals surface area contributed by atoms with Gasteiger partial charge >= 0.3 is 0 Å². The van der Waals surface area contributed by atoms with Crippen LogP contribution in [0.2, 0.25) is 0 Å². The first-order chi connectivity index (χ1) is 16.2. The van der Waals surface area contributed by atoms with E-state index in [1.54, 1.807) is 31.1 Å². The first kappa shape index (κ1) is 21.1. The third kappa shape index (κ3) is 4.16. The number of hydrogen-bond donors (Lipinski definition) is 0. The predicted octanol–water partition coefficient (Wildman–Crippen LogP) is 3.96. The number of methoxy groups -OCH3 is 2. The van der Waals surface area contributed by atoms with Crippen LogP contribution in [0.25, 0.3) is 16.8 Å². The number of carbonyl (C=O) groups excluding carboxylic acids is 1. The minimum Gasteiger partial charge on any atom is -0.493 e. The maximum absolute atomic E-state index is 12.7. The number of fused-ring (bicyclic) bond motifs is 1. The second-order valence-corrected chi connectivity index (χ2v) is 8.17. The first-order valence-electron chi connectivity index (χ1n) is 11.0. The van der Waals surface area contributed by atoms with E-state index in [0.717, 1.165) is 42.0 Å². The summed E-state index contributed by atoms with van der Waals surface area (Å²) in [6, 6.07) is 13.4. The summed E-state index contributed by atoms with van der Waals surface area (Å²) >= 11 is 0. The van der Waals surface area contributed by atoms with Crippen LogP contribution in [0.4, 0.5) is 0 Å². The first-order valence-corrected chi connectivity index (χ1v) is 11.0. The summed E-state index contributed by atoms with van der Waals surface area (Å²) in [4.78, 5) is 19.4. The number of carbonyl (C=O) groups is 1. The quantitative estimate of drug-likeness (QED) is 0.446. The zero-order valence-corrected chi connectivity index (χ0v) is 18.7. The molecule has 1 aliphatic rings. The van der Waals surface area contributed by atoms with Crippen molar-refractivity contribution in [1.82, 2.24) is 19.5 Å². The Morgan fingerprint density at radius 1 is 1.15 bits per heavy atom. The molecule has 1 amide bonds. The van der Waals surface area contributed by atoms with Gasteiger partial charge in [-0.2, -0.15) is 5.10 Å². The average Bonchev–Trinajstić information content (AvgIpc) is 3.52. The van der Waals surface area contributed by atoms with Gasteiger partial charge < -0.3 is 18.8 Å². The highest BCUT2D eigenvalue weighted by atomic mass is 16.5. The van der Waals surface area contributed by atoms with Gasteiger partial charge in [-0.1, -0.05) is 12.1 Å². The number of aromatic nitrogens is 3. The summed E-state index contributed by atoms with van der Waals surface area (Å²) in [5, 5.41) is 4.77. The number of furan rings is 1. The molecule has 1 aliphatic heterocycles. The number of piperidine rings is 1. The minimum atomic E-state index is 0.0748. The Morgan fingerprint density at radius 3 is 2.85 bits per heavy atom. The van der Waals surface area contributed by atoms with Crippen molar-refractivity contribution in [2.75, 3.05) is 27.3 Å². The van der Waals surface area contributed by atoms with Crippen molar-refractivity contribution in [1.29, 1.82) is 0 Å². The van der Waals surface area contributed by atoms with Gasteiger partial charge in [-0.25, -0.2) is 9.50 Å². The van der Waals surface area contributed by atoms with Gasteiger partial charge in [-0.15, -0.1) is 0 Å². The lowest BCUT2D eigenvalue weighted by Crippen LogP contribution is -2.40. The third-order valence-electron chi connectivity index (χ3n) is 6.11. The molecule has 1 fully saturated rings. The van der Waals surface area contributed by atoms with E-state index >= 15 is 0 Å². The fraction of sp³-hybridized carbons (Fsp3) is 0.320. The molecule has 4 heterocycles. The zero-order chi connectivity index (χ0) is 22.8. The fourth-order valence-corrected chi connectivity index (χ4v) is 4.44. The highest BCUT2D eigenvalue weighted by Crippen LogP contribution is 2.37. The second-order valence-electron chi connectivity index (χ2n) is 8.17. The molecule has 33 heavy (non-hydrogen) atoms.